The molecule has 2 aromatic carbocycles. The van der Waals surface area contributed by atoms with Crippen molar-refractivity contribution in [2.75, 3.05) is 7.11 Å². The first kappa shape index (κ1) is 11.3. The first-order chi connectivity index (χ1) is 8.76. The summed E-state index contributed by atoms with van der Waals surface area (Å²) in [4.78, 5) is 1.29. The molecule has 0 spiro atoms. The summed E-state index contributed by atoms with van der Waals surface area (Å²) < 4.78 is 6.61. The molecule has 0 aliphatic rings. The van der Waals surface area contributed by atoms with Crippen LogP contribution in [0.25, 0.3) is 20.5 Å². The van der Waals surface area contributed by atoms with E-state index in [1.807, 2.05) is 23.5 Å². The summed E-state index contributed by atoms with van der Waals surface area (Å²) in [5, 5.41) is 1.31. The smallest absolute Gasteiger partial charge is 0.119 e. The third-order valence-corrected chi connectivity index (χ3v) is 4.18. The highest BCUT2D eigenvalue weighted by atomic mass is 32.1. The molecule has 0 unspecified atom stereocenters. The summed E-state index contributed by atoms with van der Waals surface area (Å²) in [5.74, 6) is 0.904. The molecule has 1 nitrogen and oxygen atoms in total. The lowest BCUT2D eigenvalue weighted by Crippen LogP contribution is -1.81. The van der Waals surface area contributed by atoms with Crippen LogP contribution in [0.5, 0.6) is 5.75 Å². The second-order valence-electron chi connectivity index (χ2n) is 4.38. The van der Waals surface area contributed by atoms with Crippen LogP contribution in [0.4, 0.5) is 0 Å². The zero-order chi connectivity index (χ0) is 12.5. The minimum atomic E-state index is 0.904. The zero-order valence-corrected chi connectivity index (χ0v) is 11.3. The van der Waals surface area contributed by atoms with Crippen molar-refractivity contribution in [3.8, 4) is 16.2 Å². The van der Waals surface area contributed by atoms with E-state index in [1.165, 1.54) is 26.1 Å². The molecule has 0 radical (unpaired) electrons. The maximum absolute atomic E-state index is 5.27. The Labute approximate surface area is 111 Å². The van der Waals surface area contributed by atoms with E-state index in [4.69, 9.17) is 4.74 Å². The summed E-state index contributed by atoms with van der Waals surface area (Å²) in [6.45, 7) is 2.13. The van der Waals surface area contributed by atoms with Gasteiger partial charge in [-0.15, -0.1) is 11.3 Å². The van der Waals surface area contributed by atoms with Crippen LogP contribution in [0.1, 0.15) is 5.56 Å². The Morgan fingerprint density at radius 1 is 1.00 bits per heavy atom. The molecule has 1 heterocycles. The van der Waals surface area contributed by atoms with Crippen LogP contribution in [0, 0.1) is 6.92 Å². The molecule has 0 N–H and O–H groups in total. The highest BCUT2D eigenvalue weighted by Gasteiger charge is 2.05. The van der Waals surface area contributed by atoms with Crippen LogP contribution in [-0.2, 0) is 0 Å². The number of benzene rings is 2. The van der Waals surface area contributed by atoms with E-state index in [9.17, 15) is 0 Å². The van der Waals surface area contributed by atoms with Gasteiger partial charge in [-0.25, -0.2) is 0 Å². The normalized spacial score (nSPS) is 10.8. The van der Waals surface area contributed by atoms with E-state index in [2.05, 4.69) is 43.3 Å². The van der Waals surface area contributed by atoms with Gasteiger partial charge in [-0.1, -0.05) is 24.3 Å². The summed E-state index contributed by atoms with van der Waals surface area (Å²) in [7, 11) is 1.70. The van der Waals surface area contributed by atoms with Crippen LogP contribution in [0.3, 0.4) is 0 Å². The number of hydrogen-bond donors (Lipinski definition) is 0. The number of thiophene rings is 1. The first-order valence-corrected chi connectivity index (χ1v) is 6.72. The van der Waals surface area contributed by atoms with Gasteiger partial charge in [0, 0.05) is 9.58 Å². The third-order valence-electron chi connectivity index (χ3n) is 3.03. The fourth-order valence-corrected chi connectivity index (χ4v) is 3.21. The summed E-state index contributed by atoms with van der Waals surface area (Å²) in [5.41, 5.74) is 2.52. The van der Waals surface area contributed by atoms with Crippen molar-refractivity contribution in [1.29, 1.82) is 0 Å². The topological polar surface area (TPSA) is 9.23 Å². The summed E-state index contributed by atoms with van der Waals surface area (Å²) >= 11 is 1.83. The van der Waals surface area contributed by atoms with Crippen molar-refractivity contribution in [1.82, 2.24) is 0 Å². The molecule has 0 aliphatic heterocycles. The largest absolute Gasteiger partial charge is 0.497 e. The van der Waals surface area contributed by atoms with Crippen LogP contribution in [0.15, 0.2) is 48.5 Å². The zero-order valence-electron chi connectivity index (χ0n) is 10.4. The van der Waals surface area contributed by atoms with E-state index >= 15 is 0 Å². The molecule has 18 heavy (non-hydrogen) atoms. The average Bonchev–Trinajstić information content (AvgIpc) is 2.81. The third kappa shape index (κ3) is 2.00. The molecule has 3 aromatic rings. The molecule has 3 rings (SSSR count). The molecular formula is C16H14OS. The van der Waals surface area contributed by atoms with E-state index in [-0.39, 0.29) is 0 Å². The number of rotatable bonds is 2. The van der Waals surface area contributed by atoms with Gasteiger partial charge in [-0.05, 0) is 47.7 Å². The fourth-order valence-electron chi connectivity index (χ4n) is 2.06. The Balaban J connectivity index is 2.13. The Morgan fingerprint density at radius 2 is 1.89 bits per heavy atom. The molecule has 0 saturated carbocycles. The minimum absolute atomic E-state index is 0.904. The lowest BCUT2D eigenvalue weighted by molar-refractivity contribution is 0.415. The molecular weight excluding hydrogens is 240 g/mol. The SMILES string of the molecule is COc1cccc(-c2cc3ccc(C)cc3s2)c1. The highest BCUT2D eigenvalue weighted by Crippen LogP contribution is 2.35. The molecule has 0 aliphatic carbocycles. The van der Waals surface area contributed by atoms with Gasteiger partial charge in [0.1, 0.15) is 5.75 Å². The van der Waals surface area contributed by atoms with E-state index in [1.54, 1.807) is 7.11 Å². The van der Waals surface area contributed by atoms with E-state index < -0.39 is 0 Å². The van der Waals surface area contributed by atoms with Crippen molar-refractivity contribution in [3.05, 3.63) is 54.1 Å². The first-order valence-electron chi connectivity index (χ1n) is 5.91. The molecule has 1 aromatic heterocycles. The second-order valence-corrected chi connectivity index (χ2v) is 5.47. The predicted octanol–water partition coefficient (Wildman–Crippen LogP) is 4.89. The number of ether oxygens (including phenoxy) is 1. The van der Waals surface area contributed by atoms with Gasteiger partial charge in [-0.2, -0.15) is 0 Å². The number of fused-ring (bicyclic) bond motifs is 1. The lowest BCUT2D eigenvalue weighted by Gasteiger charge is -2.01. The number of hydrogen-bond acceptors (Lipinski definition) is 2. The average molecular weight is 254 g/mol. The Morgan fingerprint density at radius 3 is 2.72 bits per heavy atom. The summed E-state index contributed by atoms with van der Waals surface area (Å²) in [6.07, 6.45) is 0. The highest BCUT2D eigenvalue weighted by molar-refractivity contribution is 7.22. The van der Waals surface area contributed by atoms with Gasteiger partial charge >= 0.3 is 0 Å². The Kier molecular flexibility index (Phi) is 2.80. The molecule has 0 fully saturated rings. The molecule has 0 amide bonds. The van der Waals surface area contributed by atoms with Gasteiger partial charge in [0.15, 0.2) is 0 Å². The molecule has 0 atom stereocenters. The van der Waals surface area contributed by atoms with Crippen molar-refractivity contribution in [2.24, 2.45) is 0 Å². The van der Waals surface area contributed by atoms with Crippen LogP contribution in [-0.4, -0.2) is 7.11 Å². The minimum Gasteiger partial charge on any atom is -0.497 e. The molecule has 0 bridgehead atoms. The van der Waals surface area contributed by atoms with Crippen molar-refractivity contribution in [2.45, 2.75) is 6.92 Å². The molecule has 0 saturated heterocycles. The number of aryl methyl sites for hydroxylation is 1. The molecule has 90 valence electrons. The fraction of sp³-hybridized carbons (Fsp3) is 0.125. The van der Waals surface area contributed by atoms with Gasteiger partial charge in [-0.3, -0.25) is 0 Å². The van der Waals surface area contributed by atoms with Crippen molar-refractivity contribution in [3.63, 3.8) is 0 Å². The van der Waals surface area contributed by atoms with Gasteiger partial charge in [0.25, 0.3) is 0 Å². The monoisotopic (exact) mass is 254 g/mol. The molecule has 2 heteroatoms. The van der Waals surface area contributed by atoms with E-state index in [0.29, 0.717) is 0 Å². The van der Waals surface area contributed by atoms with Crippen LogP contribution < -0.4 is 4.74 Å². The Bertz CT molecular complexity index is 697. The Hall–Kier alpha value is -1.80. The second kappa shape index (κ2) is 4.46. The number of methoxy groups -OCH3 is 1. The summed E-state index contributed by atoms with van der Waals surface area (Å²) in [6, 6.07) is 17.0. The predicted molar refractivity (Wildman–Crippen MR) is 78.6 cm³/mol. The van der Waals surface area contributed by atoms with Gasteiger partial charge in [0.2, 0.25) is 0 Å². The van der Waals surface area contributed by atoms with E-state index in [0.717, 1.165) is 5.75 Å². The maximum Gasteiger partial charge on any atom is 0.119 e. The van der Waals surface area contributed by atoms with Gasteiger partial charge < -0.3 is 4.74 Å². The van der Waals surface area contributed by atoms with Gasteiger partial charge in [0.05, 0.1) is 7.11 Å². The lowest BCUT2D eigenvalue weighted by atomic mass is 10.1. The van der Waals surface area contributed by atoms with Crippen molar-refractivity contribution >= 4 is 21.4 Å². The quantitative estimate of drug-likeness (QED) is 0.633. The van der Waals surface area contributed by atoms with Crippen LogP contribution in [0.2, 0.25) is 0 Å². The maximum atomic E-state index is 5.27. The van der Waals surface area contributed by atoms with Crippen LogP contribution >= 0.6 is 11.3 Å². The standard InChI is InChI=1S/C16H14OS/c1-11-6-7-13-10-16(18-15(13)8-11)12-4-3-5-14(9-12)17-2/h3-10H,1-2H3. The van der Waals surface area contributed by atoms with Crippen molar-refractivity contribution < 1.29 is 4.74 Å².